The van der Waals surface area contributed by atoms with Crippen molar-refractivity contribution in [3.63, 3.8) is 0 Å². The smallest absolute Gasteiger partial charge is 0.460 e. The molecule has 0 spiro atoms. The lowest BCUT2D eigenvalue weighted by Crippen LogP contribution is -2.41. The van der Waals surface area contributed by atoms with Crippen LogP contribution >= 0.6 is 0 Å². The van der Waals surface area contributed by atoms with Crippen LogP contribution < -0.4 is 5.46 Å². The minimum atomic E-state index is -0.445. The molecule has 1 saturated carbocycles. The number of unbranched alkanes of at least 4 members (excludes halogenated alkanes) is 1. The molecule has 0 atom stereocenters. The molecule has 0 bridgehead atoms. The van der Waals surface area contributed by atoms with E-state index >= 15 is 0 Å². The summed E-state index contributed by atoms with van der Waals surface area (Å²) in [6.45, 7) is 13.8. The van der Waals surface area contributed by atoms with E-state index in [-0.39, 0.29) is 11.4 Å². The highest BCUT2D eigenvalue weighted by molar-refractivity contribution is 6.62. The molecular formula is C25H36BNO4. The average Bonchev–Trinajstić information content (AvgIpc) is 3.40. The predicted molar refractivity (Wildman–Crippen MR) is 122 cm³/mol. The van der Waals surface area contributed by atoms with E-state index in [0.717, 1.165) is 48.7 Å². The lowest BCUT2D eigenvalue weighted by molar-refractivity contribution is -0.154. The number of carbonyl (C=O) groups excluding carboxylic acids is 1. The van der Waals surface area contributed by atoms with Gasteiger partial charge in [0.15, 0.2) is 0 Å². The average molecular weight is 425 g/mol. The van der Waals surface area contributed by atoms with E-state index in [1.165, 1.54) is 0 Å². The van der Waals surface area contributed by atoms with Crippen LogP contribution in [0.1, 0.15) is 91.7 Å². The van der Waals surface area contributed by atoms with Crippen molar-refractivity contribution < 1.29 is 18.8 Å². The molecule has 168 valence electrons. The van der Waals surface area contributed by atoms with Gasteiger partial charge in [-0.3, -0.25) is 4.79 Å². The molecule has 2 fully saturated rings. The van der Waals surface area contributed by atoms with Crippen molar-refractivity contribution in [1.29, 1.82) is 5.26 Å². The third-order valence-electron chi connectivity index (χ3n) is 6.57. The molecule has 1 aliphatic heterocycles. The fraction of sp³-hybridized carbons (Fsp3) is 0.680. The molecule has 1 heterocycles. The Morgan fingerprint density at radius 2 is 1.71 bits per heavy atom. The Morgan fingerprint density at radius 1 is 1.10 bits per heavy atom. The number of rotatable bonds is 7. The van der Waals surface area contributed by atoms with Crippen molar-refractivity contribution in [1.82, 2.24) is 0 Å². The monoisotopic (exact) mass is 425 g/mol. The largest absolute Gasteiger partial charge is 0.494 e. The number of carbonyl (C=O) groups is 1. The molecule has 31 heavy (non-hydrogen) atoms. The number of benzene rings is 1. The number of ether oxygens (including phenoxy) is 1. The number of esters is 1. The summed E-state index contributed by atoms with van der Waals surface area (Å²) < 4.78 is 17.9. The Balaban J connectivity index is 1.72. The fourth-order valence-corrected chi connectivity index (χ4v) is 3.84. The zero-order chi connectivity index (χ0) is 23.1. The van der Waals surface area contributed by atoms with Gasteiger partial charge in [-0.25, -0.2) is 0 Å². The van der Waals surface area contributed by atoms with Crippen LogP contribution in [0.25, 0.3) is 0 Å². The maximum Gasteiger partial charge on any atom is 0.494 e. The first kappa shape index (κ1) is 23.8. The summed E-state index contributed by atoms with van der Waals surface area (Å²) in [6.07, 6.45) is 4.70. The molecule has 2 aliphatic rings. The van der Waals surface area contributed by atoms with Crippen LogP contribution in [-0.4, -0.2) is 29.9 Å². The molecular weight excluding hydrogens is 389 g/mol. The van der Waals surface area contributed by atoms with Crippen LogP contribution in [0.5, 0.6) is 0 Å². The van der Waals surface area contributed by atoms with E-state index in [4.69, 9.17) is 14.0 Å². The summed E-state index contributed by atoms with van der Waals surface area (Å²) in [5.74, 6) is -0.152. The van der Waals surface area contributed by atoms with Crippen LogP contribution in [0.3, 0.4) is 0 Å². The lowest BCUT2D eigenvalue weighted by atomic mass is 9.75. The van der Waals surface area contributed by atoms with Crippen molar-refractivity contribution in [3.05, 3.63) is 29.3 Å². The molecule has 0 aromatic heterocycles. The van der Waals surface area contributed by atoms with Crippen LogP contribution in [-0.2, 0) is 30.7 Å². The minimum Gasteiger partial charge on any atom is -0.460 e. The number of hydrogen-bond donors (Lipinski definition) is 0. The van der Waals surface area contributed by atoms with E-state index < -0.39 is 23.9 Å². The zero-order valence-electron chi connectivity index (χ0n) is 20.1. The van der Waals surface area contributed by atoms with Crippen molar-refractivity contribution in [2.24, 2.45) is 0 Å². The Labute approximate surface area is 187 Å². The molecule has 1 saturated heterocycles. The first-order valence-electron chi connectivity index (χ1n) is 11.4. The topological polar surface area (TPSA) is 68.6 Å². The number of nitrogens with zero attached hydrogens (tertiary/aromatic N) is 1. The Kier molecular flexibility index (Phi) is 6.35. The van der Waals surface area contributed by atoms with Crippen LogP contribution in [0.2, 0.25) is 0 Å². The van der Waals surface area contributed by atoms with Crippen LogP contribution in [0, 0.1) is 11.3 Å². The first-order valence-corrected chi connectivity index (χ1v) is 11.4. The van der Waals surface area contributed by atoms with E-state index in [2.05, 4.69) is 24.3 Å². The van der Waals surface area contributed by atoms with Crippen molar-refractivity contribution in [2.45, 2.75) is 109 Å². The second kappa shape index (κ2) is 8.26. The van der Waals surface area contributed by atoms with Crippen molar-refractivity contribution in [2.75, 3.05) is 0 Å². The molecule has 0 radical (unpaired) electrons. The molecule has 1 aromatic carbocycles. The summed E-state index contributed by atoms with van der Waals surface area (Å²) in [5.41, 5.74) is 1.56. The molecule has 0 unspecified atom stereocenters. The minimum absolute atomic E-state index is 0.152. The molecule has 1 aliphatic carbocycles. The van der Waals surface area contributed by atoms with Gasteiger partial charge in [0.1, 0.15) is 5.60 Å². The third kappa shape index (κ3) is 5.51. The molecule has 6 heteroatoms. The summed E-state index contributed by atoms with van der Waals surface area (Å²) in [7, 11) is -0.444. The number of aryl methyl sites for hydroxylation is 1. The second-order valence-electron chi connectivity index (χ2n) is 11.0. The molecule has 3 rings (SSSR count). The molecule has 5 nitrogen and oxygen atoms in total. The maximum atomic E-state index is 12.0. The zero-order valence-corrected chi connectivity index (χ0v) is 20.1. The van der Waals surface area contributed by atoms with E-state index in [9.17, 15) is 10.1 Å². The lowest BCUT2D eigenvalue weighted by Gasteiger charge is -2.32. The summed E-state index contributed by atoms with van der Waals surface area (Å²) >= 11 is 0. The third-order valence-corrected chi connectivity index (χ3v) is 6.57. The Hall–Kier alpha value is -1.84. The van der Waals surface area contributed by atoms with Gasteiger partial charge >= 0.3 is 13.1 Å². The Bertz CT molecular complexity index is 858. The van der Waals surface area contributed by atoms with Gasteiger partial charge in [0.25, 0.3) is 0 Å². The van der Waals surface area contributed by atoms with Gasteiger partial charge in [0, 0.05) is 6.42 Å². The van der Waals surface area contributed by atoms with Gasteiger partial charge in [-0.2, -0.15) is 5.26 Å². The predicted octanol–water partition coefficient (Wildman–Crippen LogP) is 4.60. The highest BCUT2D eigenvalue weighted by Gasteiger charge is 2.52. The van der Waals surface area contributed by atoms with Gasteiger partial charge < -0.3 is 14.0 Å². The number of nitriles is 1. The highest BCUT2D eigenvalue weighted by atomic mass is 16.7. The van der Waals surface area contributed by atoms with Gasteiger partial charge in [0.2, 0.25) is 0 Å². The van der Waals surface area contributed by atoms with Gasteiger partial charge in [0.05, 0.1) is 22.7 Å². The molecule has 0 N–H and O–H groups in total. The van der Waals surface area contributed by atoms with Crippen molar-refractivity contribution in [3.8, 4) is 6.07 Å². The van der Waals surface area contributed by atoms with E-state index in [0.29, 0.717) is 6.42 Å². The maximum absolute atomic E-state index is 12.0. The van der Waals surface area contributed by atoms with Crippen molar-refractivity contribution >= 4 is 18.6 Å². The van der Waals surface area contributed by atoms with Gasteiger partial charge in [-0.05, 0) is 97.2 Å². The highest BCUT2D eigenvalue weighted by Crippen LogP contribution is 2.47. The first-order chi connectivity index (χ1) is 14.3. The van der Waals surface area contributed by atoms with Gasteiger partial charge in [-0.15, -0.1) is 0 Å². The number of hydrogen-bond acceptors (Lipinski definition) is 5. The normalized spacial score (nSPS) is 20.9. The Morgan fingerprint density at radius 3 is 2.23 bits per heavy atom. The van der Waals surface area contributed by atoms with Gasteiger partial charge in [-0.1, -0.05) is 18.2 Å². The van der Waals surface area contributed by atoms with E-state index in [1.807, 2.05) is 48.5 Å². The summed E-state index contributed by atoms with van der Waals surface area (Å²) in [6, 6.07) is 8.88. The molecule has 0 amide bonds. The van der Waals surface area contributed by atoms with E-state index in [1.54, 1.807) is 0 Å². The van der Waals surface area contributed by atoms with Crippen LogP contribution in [0.4, 0.5) is 0 Å². The quantitative estimate of drug-likeness (QED) is 0.363. The summed E-state index contributed by atoms with van der Waals surface area (Å²) in [5, 5.41) is 9.73. The SMILES string of the molecule is CC(C)(C)OC(=O)CCCCc1cc(B2OC(C)(C)C(C)(C)O2)cc(C2(C#N)CC2)c1. The second-order valence-corrected chi connectivity index (χ2v) is 11.0. The van der Waals surface area contributed by atoms with Crippen LogP contribution in [0.15, 0.2) is 18.2 Å². The fourth-order valence-electron chi connectivity index (χ4n) is 3.84. The molecule has 1 aromatic rings. The standard InChI is InChI=1S/C25H36BNO4/c1-22(2,3)29-21(28)11-9-8-10-18-14-19(25(17-27)12-13-25)16-20(15-18)26-30-23(4,5)24(6,7)31-26/h14-16H,8-13H2,1-7H3. The summed E-state index contributed by atoms with van der Waals surface area (Å²) in [4.78, 5) is 12.0.